The number of methoxy groups -OCH3 is 3. The van der Waals surface area contributed by atoms with Crippen LogP contribution in [0, 0.1) is 0 Å². The van der Waals surface area contributed by atoms with Crippen LogP contribution in [0.3, 0.4) is 0 Å². The second-order valence-corrected chi connectivity index (χ2v) is 4.31. The van der Waals surface area contributed by atoms with Crippen LogP contribution in [0.15, 0.2) is 12.1 Å². The first kappa shape index (κ1) is 17.5. The minimum absolute atomic E-state index is 0.129. The normalized spacial score (nSPS) is 12.3. The minimum atomic E-state index is -2.48. The maximum absolute atomic E-state index is 12.0. The van der Waals surface area contributed by atoms with E-state index < -0.39 is 19.1 Å². The number of benzene rings is 1. The Morgan fingerprint density at radius 2 is 1.62 bits per heavy atom. The van der Waals surface area contributed by atoms with E-state index in [-0.39, 0.29) is 6.61 Å². The van der Waals surface area contributed by atoms with Gasteiger partial charge in [0.25, 0.3) is 6.43 Å². The molecule has 1 unspecified atom stereocenters. The van der Waals surface area contributed by atoms with Crippen molar-refractivity contribution >= 4 is 0 Å². The molecule has 0 bridgehead atoms. The van der Waals surface area contributed by atoms with Crippen molar-refractivity contribution in [1.82, 2.24) is 0 Å². The zero-order chi connectivity index (χ0) is 15.8. The largest absolute Gasteiger partial charge is 0.496 e. The van der Waals surface area contributed by atoms with Gasteiger partial charge in [-0.3, -0.25) is 0 Å². The van der Waals surface area contributed by atoms with Gasteiger partial charge in [0.15, 0.2) is 0 Å². The molecule has 0 aliphatic rings. The SMILES string of the molecule is COc1cc(OC)c(C(N)CCOCC(F)F)c(OC)c1. The lowest BCUT2D eigenvalue weighted by Gasteiger charge is -2.20. The molecule has 1 atom stereocenters. The van der Waals surface area contributed by atoms with E-state index in [2.05, 4.69) is 0 Å². The first-order valence-electron chi connectivity index (χ1n) is 6.44. The summed E-state index contributed by atoms with van der Waals surface area (Å²) in [5.41, 5.74) is 6.74. The highest BCUT2D eigenvalue weighted by Gasteiger charge is 2.19. The molecule has 7 heteroatoms. The third-order valence-electron chi connectivity index (χ3n) is 2.94. The van der Waals surface area contributed by atoms with E-state index in [4.69, 9.17) is 24.7 Å². The molecular weight excluding hydrogens is 284 g/mol. The van der Waals surface area contributed by atoms with Crippen molar-refractivity contribution in [3.63, 3.8) is 0 Å². The number of hydrogen-bond donors (Lipinski definition) is 1. The molecule has 120 valence electrons. The Labute approximate surface area is 122 Å². The van der Waals surface area contributed by atoms with Crippen molar-refractivity contribution < 1.29 is 27.7 Å². The molecule has 5 nitrogen and oxygen atoms in total. The van der Waals surface area contributed by atoms with Crippen LogP contribution in [0.25, 0.3) is 0 Å². The maximum Gasteiger partial charge on any atom is 0.261 e. The summed E-state index contributed by atoms with van der Waals surface area (Å²) in [6, 6.07) is 2.92. The van der Waals surface area contributed by atoms with Crippen LogP contribution in [0.5, 0.6) is 17.2 Å². The predicted molar refractivity (Wildman–Crippen MR) is 74.5 cm³/mol. The lowest BCUT2D eigenvalue weighted by atomic mass is 10.0. The molecule has 0 radical (unpaired) electrons. The highest BCUT2D eigenvalue weighted by atomic mass is 19.3. The Morgan fingerprint density at radius 1 is 1.05 bits per heavy atom. The van der Waals surface area contributed by atoms with Crippen LogP contribution in [-0.2, 0) is 4.74 Å². The maximum atomic E-state index is 12.0. The molecule has 0 aliphatic heterocycles. The van der Waals surface area contributed by atoms with Crippen molar-refractivity contribution in [3.8, 4) is 17.2 Å². The summed E-state index contributed by atoms with van der Waals surface area (Å²) in [5, 5.41) is 0. The summed E-state index contributed by atoms with van der Waals surface area (Å²) in [5.74, 6) is 1.62. The third-order valence-corrected chi connectivity index (χ3v) is 2.94. The van der Waals surface area contributed by atoms with E-state index in [0.717, 1.165) is 0 Å². The summed E-state index contributed by atoms with van der Waals surface area (Å²) >= 11 is 0. The first-order chi connectivity index (χ1) is 10.0. The van der Waals surface area contributed by atoms with Crippen LogP contribution in [0.2, 0.25) is 0 Å². The van der Waals surface area contributed by atoms with Gasteiger partial charge in [-0.1, -0.05) is 0 Å². The predicted octanol–water partition coefficient (Wildman–Crippen LogP) is 2.38. The van der Waals surface area contributed by atoms with E-state index in [0.29, 0.717) is 29.2 Å². The molecule has 0 aromatic heterocycles. The standard InChI is InChI=1S/C14H21F2NO4/c1-18-9-6-11(19-2)14(12(7-9)20-3)10(17)4-5-21-8-13(15)16/h6-7,10,13H,4-5,8,17H2,1-3H3. The van der Waals surface area contributed by atoms with Crippen molar-refractivity contribution in [2.24, 2.45) is 5.73 Å². The van der Waals surface area contributed by atoms with Gasteiger partial charge in [0.2, 0.25) is 0 Å². The van der Waals surface area contributed by atoms with Crippen molar-refractivity contribution in [2.75, 3.05) is 34.5 Å². The van der Waals surface area contributed by atoms with Gasteiger partial charge in [-0.2, -0.15) is 0 Å². The fourth-order valence-corrected chi connectivity index (χ4v) is 1.93. The Morgan fingerprint density at radius 3 is 2.05 bits per heavy atom. The Bertz CT molecular complexity index is 418. The number of rotatable bonds is 9. The minimum Gasteiger partial charge on any atom is -0.496 e. The molecule has 0 saturated heterocycles. The van der Waals surface area contributed by atoms with Gasteiger partial charge in [0, 0.05) is 24.8 Å². The van der Waals surface area contributed by atoms with Crippen LogP contribution in [-0.4, -0.2) is 41.0 Å². The summed E-state index contributed by atoms with van der Waals surface area (Å²) in [6.45, 7) is -0.465. The number of hydrogen-bond acceptors (Lipinski definition) is 5. The molecule has 1 aromatic rings. The molecule has 2 N–H and O–H groups in total. The van der Waals surface area contributed by atoms with E-state index in [1.165, 1.54) is 21.3 Å². The van der Waals surface area contributed by atoms with E-state index in [9.17, 15) is 8.78 Å². The molecule has 0 saturated carbocycles. The van der Waals surface area contributed by atoms with E-state index >= 15 is 0 Å². The second-order valence-electron chi connectivity index (χ2n) is 4.31. The number of halogens is 2. The third kappa shape index (κ3) is 5.02. The average molecular weight is 305 g/mol. The fourth-order valence-electron chi connectivity index (χ4n) is 1.93. The molecule has 0 heterocycles. The summed E-state index contributed by atoms with van der Waals surface area (Å²) in [6.07, 6.45) is -2.11. The highest BCUT2D eigenvalue weighted by Crippen LogP contribution is 2.38. The quantitative estimate of drug-likeness (QED) is 0.710. The second kappa shape index (κ2) is 8.63. The number of alkyl halides is 2. The monoisotopic (exact) mass is 305 g/mol. The molecule has 0 aliphatic carbocycles. The molecule has 0 spiro atoms. The zero-order valence-electron chi connectivity index (χ0n) is 12.4. The molecule has 1 aromatic carbocycles. The lowest BCUT2D eigenvalue weighted by Crippen LogP contribution is -2.16. The van der Waals surface area contributed by atoms with Crippen LogP contribution in [0.4, 0.5) is 8.78 Å². The van der Waals surface area contributed by atoms with Crippen molar-refractivity contribution in [3.05, 3.63) is 17.7 Å². The number of ether oxygens (including phenoxy) is 4. The summed E-state index contributed by atoms with van der Waals surface area (Å²) in [4.78, 5) is 0. The molecule has 21 heavy (non-hydrogen) atoms. The van der Waals surface area contributed by atoms with Gasteiger partial charge in [0.05, 0.1) is 26.9 Å². The van der Waals surface area contributed by atoms with Crippen LogP contribution in [0.1, 0.15) is 18.0 Å². The molecular formula is C14H21F2NO4. The summed E-state index contributed by atoms with van der Waals surface area (Å²) < 4.78 is 44.6. The van der Waals surface area contributed by atoms with Gasteiger partial charge < -0.3 is 24.7 Å². The Balaban J connectivity index is 2.83. The van der Waals surface area contributed by atoms with E-state index in [1.807, 2.05) is 0 Å². The molecule has 0 amide bonds. The topological polar surface area (TPSA) is 62.9 Å². The Kier molecular flexibility index (Phi) is 7.18. The van der Waals surface area contributed by atoms with E-state index in [1.54, 1.807) is 12.1 Å². The van der Waals surface area contributed by atoms with Gasteiger partial charge in [-0.15, -0.1) is 0 Å². The van der Waals surface area contributed by atoms with Gasteiger partial charge in [-0.25, -0.2) is 8.78 Å². The lowest BCUT2D eigenvalue weighted by molar-refractivity contribution is 0.0151. The van der Waals surface area contributed by atoms with Crippen molar-refractivity contribution in [1.29, 1.82) is 0 Å². The molecule has 0 fully saturated rings. The first-order valence-corrected chi connectivity index (χ1v) is 6.44. The average Bonchev–Trinajstić information content (AvgIpc) is 2.49. The van der Waals surface area contributed by atoms with Gasteiger partial charge in [0.1, 0.15) is 23.9 Å². The summed E-state index contributed by atoms with van der Waals surface area (Å²) in [7, 11) is 4.56. The number of nitrogens with two attached hydrogens (primary N) is 1. The van der Waals surface area contributed by atoms with Crippen LogP contribution >= 0.6 is 0 Å². The zero-order valence-corrected chi connectivity index (χ0v) is 12.4. The Hall–Kier alpha value is -1.60. The van der Waals surface area contributed by atoms with Gasteiger partial charge >= 0.3 is 0 Å². The smallest absolute Gasteiger partial charge is 0.261 e. The van der Waals surface area contributed by atoms with Crippen LogP contribution < -0.4 is 19.9 Å². The van der Waals surface area contributed by atoms with Gasteiger partial charge in [-0.05, 0) is 6.42 Å². The van der Waals surface area contributed by atoms with Crippen molar-refractivity contribution in [2.45, 2.75) is 18.9 Å². The fraction of sp³-hybridized carbons (Fsp3) is 0.571. The molecule has 1 rings (SSSR count). The highest BCUT2D eigenvalue weighted by molar-refractivity contribution is 5.52.